The molecule has 0 aliphatic carbocycles. The quantitative estimate of drug-likeness (QED) is 0.686. The van der Waals surface area contributed by atoms with Gasteiger partial charge in [0, 0.05) is 5.69 Å². The highest BCUT2D eigenvalue weighted by Gasteiger charge is 2.17. The van der Waals surface area contributed by atoms with Gasteiger partial charge in [0.1, 0.15) is 0 Å². The largest absolute Gasteiger partial charge is 0.345 e. The summed E-state index contributed by atoms with van der Waals surface area (Å²) in [5, 5.41) is 2.48. The van der Waals surface area contributed by atoms with Crippen LogP contribution < -0.4 is 10.0 Å². The summed E-state index contributed by atoms with van der Waals surface area (Å²) in [5.74, 6) is 0. The number of nitrogens with one attached hydrogen (secondary N) is 3. The Morgan fingerprint density at radius 1 is 1.13 bits per heavy atom. The molecule has 3 aromatic rings. The van der Waals surface area contributed by atoms with Crippen LogP contribution in [-0.4, -0.2) is 24.4 Å². The molecular weight excluding hydrogens is 316 g/mol. The van der Waals surface area contributed by atoms with Gasteiger partial charge < -0.3 is 10.3 Å². The maximum absolute atomic E-state index is 12.1. The van der Waals surface area contributed by atoms with Crippen molar-refractivity contribution in [1.82, 2.24) is 14.7 Å². The van der Waals surface area contributed by atoms with Crippen molar-refractivity contribution < 1.29 is 13.2 Å². The maximum Gasteiger partial charge on any atom is 0.333 e. The van der Waals surface area contributed by atoms with E-state index in [0.717, 1.165) is 16.6 Å². The number of carbonyl (C=O) groups excluding carboxylic acids is 1. The van der Waals surface area contributed by atoms with Crippen LogP contribution in [0.5, 0.6) is 0 Å². The average Bonchev–Trinajstić information content (AvgIpc) is 2.94. The second-order valence-corrected chi connectivity index (χ2v) is 6.69. The van der Waals surface area contributed by atoms with E-state index in [-0.39, 0.29) is 4.90 Å². The molecule has 0 saturated heterocycles. The molecule has 0 aliphatic rings. The zero-order valence-corrected chi connectivity index (χ0v) is 13.0. The Hall–Kier alpha value is -2.87. The molecule has 1 heterocycles. The van der Waals surface area contributed by atoms with Gasteiger partial charge in [0.2, 0.25) is 0 Å². The van der Waals surface area contributed by atoms with Crippen molar-refractivity contribution >= 4 is 32.8 Å². The molecule has 0 atom stereocenters. The highest BCUT2D eigenvalue weighted by Crippen LogP contribution is 2.16. The summed E-state index contributed by atoms with van der Waals surface area (Å²) in [6.45, 7) is 1.85. The van der Waals surface area contributed by atoms with Gasteiger partial charge in [-0.25, -0.2) is 22.9 Å². The van der Waals surface area contributed by atoms with Crippen LogP contribution in [0.4, 0.5) is 10.5 Å². The first kappa shape index (κ1) is 15.0. The molecule has 8 heteroatoms. The molecule has 0 radical (unpaired) electrons. The number of sulfonamides is 1. The highest BCUT2D eigenvalue weighted by molar-refractivity contribution is 7.90. The zero-order chi connectivity index (χ0) is 16.4. The predicted molar refractivity (Wildman–Crippen MR) is 86.6 cm³/mol. The molecule has 2 aromatic carbocycles. The fourth-order valence-electron chi connectivity index (χ4n) is 2.07. The van der Waals surface area contributed by atoms with Gasteiger partial charge in [0.05, 0.1) is 22.3 Å². The van der Waals surface area contributed by atoms with Crippen LogP contribution >= 0.6 is 0 Å². The summed E-state index contributed by atoms with van der Waals surface area (Å²) >= 11 is 0. The molecule has 7 nitrogen and oxygen atoms in total. The Morgan fingerprint density at radius 3 is 2.61 bits per heavy atom. The number of aryl methyl sites for hydroxylation is 1. The minimum atomic E-state index is -3.91. The number of benzene rings is 2. The molecule has 0 saturated carbocycles. The third kappa shape index (κ3) is 3.32. The number of anilines is 1. The molecule has 3 rings (SSSR count). The Balaban J connectivity index is 1.74. The standard InChI is InChI=1S/C15H14N4O3S/c1-10-2-5-12(6-3-10)23(21,22)19-15(20)18-11-4-7-13-14(8-11)17-9-16-13/h2-9H,1H3,(H,16,17)(H2,18,19,20). The number of urea groups is 1. The van der Waals surface area contributed by atoms with Gasteiger partial charge in [-0.15, -0.1) is 0 Å². The number of fused-ring (bicyclic) bond motifs is 1. The summed E-state index contributed by atoms with van der Waals surface area (Å²) in [6, 6.07) is 10.4. The van der Waals surface area contributed by atoms with Gasteiger partial charge in [0.15, 0.2) is 0 Å². The monoisotopic (exact) mass is 330 g/mol. The van der Waals surface area contributed by atoms with Crippen molar-refractivity contribution in [2.75, 3.05) is 5.32 Å². The lowest BCUT2D eigenvalue weighted by Crippen LogP contribution is -2.34. The van der Waals surface area contributed by atoms with Crippen LogP contribution in [-0.2, 0) is 10.0 Å². The van der Waals surface area contributed by atoms with Gasteiger partial charge >= 0.3 is 6.03 Å². The van der Waals surface area contributed by atoms with E-state index in [4.69, 9.17) is 0 Å². The normalized spacial score (nSPS) is 11.3. The number of nitrogens with zero attached hydrogens (tertiary/aromatic N) is 1. The number of aromatic amines is 1. The number of amides is 2. The molecule has 3 N–H and O–H groups in total. The molecule has 0 aliphatic heterocycles. The SMILES string of the molecule is Cc1ccc(S(=O)(=O)NC(=O)Nc2ccc3nc[nH]c3c2)cc1. The van der Waals surface area contributed by atoms with E-state index in [1.54, 1.807) is 30.3 Å². The van der Waals surface area contributed by atoms with Gasteiger partial charge in [-0.1, -0.05) is 17.7 Å². The summed E-state index contributed by atoms with van der Waals surface area (Å²) in [6.07, 6.45) is 1.54. The van der Waals surface area contributed by atoms with E-state index in [2.05, 4.69) is 15.3 Å². The Kier molecular flexibility index (Phi) is 3.75. The number of H-pyrrole nitrogens is 1. The maximum atomic E-state index is 12.1. The third-order valence-corrected chi connectivity index (χ3v) is 4.58. The smallest absolute Gasteiger partial charge is 0.333 e. The number of hydrogen-bond donors (Lipinski definition) is 3. The van der Waals surface area contributed by atoms with E-state index in [9.17, 15) is 13.2 Å². The summed E-state index contributed by atoms with van der Waals surface area (Å²) < 4.78 is 26.2. The lowest BCUT2D eigenvalue weighted by atomic mass is 10.2. The van der Waals surface area contributed by atoms with Crippen LogP contribution in [0.25, 0.3) is 11.0 Å². The van der Waals surface area contributed by atoms with Crippen LogP contribution in [0.2, 0.25) is 0 Å². The summed E-state index contributed by atoms with van der Waals surface area (Å²) in [4.78, 5) is 18.9. The highest BCUT2D eigenvalue weighted by atomic mass is 32.2. The second-order valence-electron chi connectivity index (χ2n) is 5.01. The molecule has 0 spiro atoms. The second kappa shape index (κ2) is 5.73. The van der Waals surface area contributed by atoms with Crippen molar-refractivity contribution in [2.24, 2.45) is 0 Å². The van der Waals surface area contributed by atoms with Crippen LogP contribution in [0.15, 0.2) is 53.7 Å². The lowest BCUT2D eigenvalue weighted by molar-refractivity contribution is 0.256. The van der Waals surface area contributed by atoms with Gasteiger partial charge in [-0.05, 0) is 37.3 Å². The fraction of sp³-hybridized carbons (Fsp3) is 0.0667. The molecular formula is C15H14N4O3S. The summed E-state index contributed by atoms with van der Waals surface area (Å²) in [7, 11) is -3.91. The number of carbonyl (C=O) groups is 1. The van der Waals surface area contributed by atoms with Gasteiger partial charge in [-0.2, -0.15) is 0 Å². The first-order valence-corrected chi connectivity index (χ1v) is 8.26. The van der Waals surface area contributed by atoms with Crippen LogP contribution in [0.1, 0.15) is 5.56 Å². The molecule has 118 valence electrons. The summed E-state index contributed by atoms with van der Waals surface area (Å²) in [5.41, 5.74) is 2.88. The van der Waals surface area contributed by atoms with Crippen molar-refractivity contribution in [1.29, 1.82) is 0 Å². The van der Waals surface area contributed by atoms with Crippen LogP contribution in [0.3, 0.4) is 0 Å². The Morgan fingerprint density at radius 2 is 1.87 bits per heavy atom. The fourth-order valence-corrected chi connectivity index (χ4v) is 2.98. The van der Waals surface area contributed by atoms with E-state index in [1.807, 2.05) is 11.6 Å². The van der Waals surface area contributed by atoms with E-state index < -0.39 is 16.1 Å². The van der Waals surface area contributed by atoms with Gasteiger partial charge in [0.25, 0.3) is 10.0 Å². The van der Waals surface area contributed by atoms with Crippen LogP contribution in [0, 0.1) is 6.92 Å². The number of rotatable bonds is 3. The number of aromatic nitrogens is 2. The minimum Gasteiger partial charge on any atom is -0.345 e. The van der Waals surface area contributed by atoms with Crippen molar-refractivity contribution in [3.05, 3.63) is 54.4 Å². The van der Waals surface area contributed by atoms with Crippen molar-refractivity contribution in [3.8, 4) is 0 Å². The Bertz CT molecular complexity index is 962. The molecule has 0 unspecified atom stereocenters. The number of hydrogen-bond acceptors (Lipinski definition) is 4. The van der Waals surface area contributed by atoms with Gasteiger partial charge in [-0.3, -0.25) is 0 Å². The minimum absolute atomic E-state index is 0.0299. The molecule has 23 heavy (non-hydrogen) atoms. The van der Waals surface area contributed by atoms with E-state index in [1.165, 1.54) is 18.5 Å². The lowest BCUT2D eigenvalue weighted by Gasteiger charge is -2.09. The molecule has 0 bridgehead atoms. The predicted octanol–water partition coefficient (Wildman–Crippen LogP) is 2.38. The first-order chi connectivity index (χ1) is 10.9. The zero-order valence-electron chi connectivity index (χ0n) is 12.2. The first-order valence-electron chi connectivity index (χ1n) is 6.78. The van der Waals surface area contributed by atoms with Crippen molar-refractivity contribution in [3.63, 3.8) is 0 Å². The van der Waals surface area contributed by atoms with E-state index >= 15 is 0 Å². The molecule has 0 fully saturated rings. The van der Waals surface area contributed by atoms with E-state index in [0.29, 0.717) is 5.69 Å². The molecule has 1 aromatic heterocycles. The van der Waals surface area contributed by atoms with Crippen molar-refractivity contribution in [2.45, 2.75) is 11.8 Å². The average molecular weight is 330 g/mol. The number of imidazole rings is 1. The Labute approximate surface area is 132 Å². The molecule has 2 amide bonds. The third-order valence-electron chi connectivity index (χ3n) is 3.24. The topological polar surface area (TPSA) is 104 Å².